The molecular weight excluding hydrogens is 364 g/mol. The molecule has 0 saturated heterocycles. The van der Waals surface area contributed by atoms with Gasteiger partial charge in [0.15, 0.2) is 0 Å². The molecule has 0 saturated carbocycles. The number of carbonyl (C=O) groups excluding carboxylic acids is 2. The van der Waals surface area contributed by atoms with Crippen LogP contribution in [-0.2, 0) is 27.5 Å². The molecule has 0 heterocycles. The normalized spacial score (nSPS) is 10.4. The van der Waals surface area contributed by atoms with Crippen molar-refractivity contribution >= 4 is 28.8 Å². The minimum Gasteiger partial charge on any atom is -0.457 e. The Morgan fingerprint density at radius 3 is 2.03 bits per heavy atom. The summed E-state index contributed by atoms with van der Waals surface area (Å²) in [6.07, 6.45) is 1.72. The molecule has 0 aliphatic heterocycles. The van der Waals surface area contributed by atoms with Crippen molar-refractivity contribution < 1.29 is 19.1 Å². The summed E-state index contributed by atoms with van der Waals surface area (Å²) in [4.78, 5) is 24.2. The Hall–Kier alpha value is -3.66. The number of carbonyl (C=O) groups is 2. The van der Waals surface area contributed by atoms with Crippen LogP contribution in [0.3, 0.4) is 0 Å². The van der Waals surface area contributed by atoms with E-state index in [1.54, 1.807) is 25.1 Å². The first-order chi connectivity index (χ1) is 14.0. The van der Waals surface area contributed by atoms with Gasteiger partial charge in [0, 0.05) is 5.57 Å². The standard InChI is InChI=1S/C25H22O4/c1-4-18-11-13-20(14-12-18)25(27)29-16-22-10-6-8-19-7-5-9-21(23(19)22)15-28-24(26)17(2)3/h4-14H,1-2,15-16H2,3H3. The van der Waals surface area contributed by atoms with E-state index < -0.39 is 11.9 Å². The van der Waals surface area contributed by atoms with Crippen LogP contribution < -0.4 is 0 Å². The van der Waals surface area contributed by atoms with Crippen molar-refractivity contribution in [3.8, 4) is 0 Å². The van der Waals surface area contributed by atoms with E-state index in [1.165, 1.54) is 0 Å². The summed E-state index contributed by atoms with van der Waals surface area (Å²) >= 11 is 0. The number of benzene rings is 3. The highest BCUT2D eigenvalue weighted by atomic mass is 16.5. The minimum atomic E-state index is -0.436. The molecule has 146 valence electrons. The van der Waals surface area contributed by atoms with Crippen LogP contribution in [0.25, 0.3) is 16.8 Å². The molecule has 0 N–H and O–H groups in total. The minimum absolute atomic E-state index is 0.116. The summed E-state index contributed by atoms with van der Waals surface area (Å²) in [5.41, 5.74) is 3.46. The molecular formula is C25H22O4. The van der Waals surface area contributed by atoms with Crippen molar-refractivity contribution in [2.45, 2.75) is 20.1 Å². The zero-order chi connectivity index (χ0) is 20.8. The Labute approximate surface area is 170 Å². The number of hydrogen-bond donors (Lipinski definition) is 0. The lowest BCUT2D eigenvalue weighted by molar-refractivity contribution is -0.140. The molecule has 0 bridgehead atoms. The predicted octanol–water partition coefficient (Wildman–Crippen LogP) is 5.46. The first-order valence-corrected chi connectivity index (χ1v) is 9.21. The van der Waals surface area contributed by atoms with Crippen molar-refractivity contribution in [3.05, 3.63) is 102 Å². The molecule has 0 aromatic heterocycles. The second-order valence-electron chi connectivity index (χ2n) is 6.69. The molecule has 0 aliphatic carbocycles. The average Bonchev–Trinajstić information content (AvgIpc) is 2.75. The van der Waals surface area contributed by atoms with Gasteiger partial charge in [-0.25, -0.2) is 9.59 Å². The largest absolute Gasteiger partial charge is 0.457 e. The molecule has 0 spiro atoms. The summed E-state index contributed by atoms with van der Waals surface area (Å²) in [6, 6.07) is 18.6. The van der Waals surface area contributed by atoms with Gasteiger partial charge in [0.05, 0.1) is 5.56 Å². The lowest BCUT2D eigenvalue weighted by Crippen LogP contribution is -2.07. The zero-order valence-electron chi connectivity index (χ0n) is 16.3. The van der Waals surface area contributed by atoms with E-state index in [-0.39, 0.29) is 13.2 Å². The summed E-state index contributed by atoms with van der Waals surface area (Å²) in [5, 5.41) is 1.90. The third-order valence-electron chi connectivity index (χ3n) is 4.53. The van der Waals surface area contributed by atoms with Crippen molar-refractivity contribution in [1.29, 1.82) is 0 Å². The monoisotopic (exact) mass is 386 g/mol. The molecule has 3 aromatic rings. The molecule has 4 nitrogen and oxygen atoms in total. The number of esters is 2. The molecule has 0 radical (unpaired) electrons. The van der Waals surface area contributed by atoms with Crippen LogP contribution in [0, 0.1) is 0 Å². The Bertz CT molecular complexity index is 1070. The third-order valence-corrected chi connectivity index (χ3v) is 4.53. The molecule has 0 aliphatic rings. The van der Waals surface area contributed by atoms with Crippen LogP contribution in [0.1, 0.15) is 34.0 Å². The van der Waals surface area contributed by atoms with Crippen LogP contribution in [0.15, 0.2) is 79.4 Å². The molecule has 3 rings (SSSR count). The van der Waals surface area contributed by atoms with Crippen LogP contribution in [0.2, 0.25) is 0 Å². The van der Waals surface area contributed by atoms with Gasteiger partial charge in [0.2, 0.25) is 0 Å². The van der Waals surface area contributed by atoms with Gasteiger partial charge < -0.3 is 9.47 Å². The maximum absolute atomic E-state index is 12.4. The van der Waals surface area contributed by atoms with Crippen molar-refractivity contribution in [2.75, 3.05) is 0 Å². The van der Waals surface area contributed by atoms with Gasteiger partial charge in [-0.15, -0.1) is 0 Å². The first-order valence-electron chi connectivity index (χ1n) is 9.21. The van der Waals surface area contributed by atoms with Gasteiger partial charge in [0.25, 0.3) is 0 Å². The van der Waals surface area contributed by atoms with Crippen molar-refractivity contribution in [1.82, 2.24) is 0 Å². The van der Waals surface area contributed by atoms with Crippen molar-refractivity contribution in [3.63, 3.8) is 0 Å². The van der Waals surface area contributed by atoms with E-state index in [0.717, 1.165) is 27.5 Å². The van der Waals surface area contributed by atoms with Gasteiger partial charge in [-0.3, -0.25) is 0 Å². The zero-order valence-corrected chi connectivity index (χ0v) is 16.3. The van der Waals surface area contributed by atoms with Crippen LogP contribution in [0.5, 0.6) is 0 Å². The highest BCUT2D eigenvalue weighted by molar-refractivity contribution is 5.91. The highest BCUT2D eigenvalue weighted by Gasteiger charge is 2.12. The van der Waals surface area contributed by atoms with Gasteiger partial charge in [0.1, 0.15) is 13.2 Å². The Morgan fingerprint density at radius 1 is 0.897 bits per heavy atom. The van der Waals surface area contributed by atoms with E-state index in [4.69, 9.17) is 9.47 Å². The average molecular weight is 386 g/mol. The number of hydrogen-bond acceptors (Lipinski definition) is 4. The summed E-state index contributed by atoms with van der Waals surface area (Å²) < 4.78 is 10.8. The summed E-state index contributed by atoms with van der Waals surface area (Å²) in [6.45, 7) is 9.15. The highest BCUT2D eigenvalue weighted by Crippen LogP contribution is 2.25. The van der Waals surface area contributed by atoms with Crippen LogP contribution in [0.4, 0.5) is 0 Å². The van der Waals surface area contributed by atoms with Crippen LogP contribution in [-0.4, -0.2) is 11.9 Å². The van der Waals surface area contributed by atoms with Gasteiger partial charge >= 0.3 is 11.9 Å². The maximum Gasteiger partial charge on any atom is 0.338 e. The lowest BCUT2D eigenvalue weighted by Gasteiger charge is -2.13. The van der Waals surface area contributed by atoms with Gasteiger partial charge in [-0.05, 0) is 46.5 Å². The smallest absolute Gasteiger partial charge is 0.338 e. The fourth-order valence-corrected chi connectivity index (χ4v) is 2.99. The quantitative estimate of drug-likeness (QED) is 0.400. The van der Waals surface area contributed by atoms with Gasteiger partial charge in [-0.1, -0.05) is 67.8 Å². The first kappa shape index (κ1) is 20.1. The van der Waals surface area contributed by atoms with E-state index >= 15 is 0 Å². The number of ether oxygens (including phenoxy) is 2. The van der Waals surface area contributed by atoms with E-state index in [0.29, 0.717) is 11.1 Å². The fraction of sp³-hybridized carbons (Fsp3) is 0.120. The predicted molar refractivity (Wildman–Crippen MR) is 114 cm³/mol. The fourth-order valence-electron chi connectivity index (χ4n) is 2.99. The third kappa shape index (κ3) is 4.79. The van der Waals surface area contributed by atoms with Crippen LogP contribution >= 0.6 is 0 Å². The lowest BCUT2D eigenvalue weighted by atomic mass is 10.00. The Kier molecular flexibility index (Phi) is 6.25. The topological polar surface area (TPSA) is 52.6 Å². The Balaban J connectivity index is 1.81. The van der Waals surface area contributed by atoms with E-state index in [2.05, 4.69) is 13.2 Å². The van der Waals surface area contributed by atoms with Crippen molar-refractivity contribution in [2.24, 2.45) is 0 Å². The molecule has 29 heavy (non-hydrogen) atoms. The SMILES string of the molecule is C=Cc1ccc(C(=O)OCc2cccc3cccc(COC(=O)C(=C)C)c23)cc1. The van der Waals surface area contributed by atoms with E-state index in [9.17, 15) is 9.59 Å². The van der Waals surface area contributed by atoms with E-state index in [1.807, 2.05) is 48.5 Å². The van der Waals surface area contributed by atoms with Gasteiger partial charge in [-0.2, -0.15) is 0 Å². The number of rotatable bonds is 7. The number of fused-ring (bicyclic) bond motifs is 1. The second kappa shape index (κ2) is 9.02. The second-order valence-corrected chi connectivity index (χ2v) is 6.69. The maximum atomic E-state index is 12.4. The Morgan fingerprint density at radius 2 is 1.48 bits per heavy atom. The molecule has 4 heteroatoms. The summed E-state index contributed by atoms with van der Waals surface area (Å²) in [5.74, 6) is -0.835. The molecule has 3 aromatic carbocycles. The molecule has 0 amide bonds. The molecule has 0 unspecified atom stereocenters. The molecule has 0 fully saturated rings. The molecule has 0 atom stereocenters. The summed E-state index contributed by atoms with van der Waals surface area (Å²) in [7, 11) is 0.